The zero-order valence-electron chi connectivity index (χ0n) is 49.2. The monoisotopic (exact) mass is 1010 g/mol. The summed E-state index contributed by atoms with van der Waals surface area (Å²) >= 11 is 0. The van der Waals surface area contributed by atoms with Crippen molar-refractivity contribution in [1.29, 1.82) is 0 Å². The van der Waals surface area contributed by atoms with E-state index in [-0.39, 0.29) is 5.41 Å². The highest BCUT2D eigenvalue weighted by Crippen LogP contribution is 2.69. The summed E-state index contributed by atoms with van der Waals surface area (Å²) in [5, 5.41) is 0. The first-order valence-corrected chi connectivity index (χ1v) is 33.0. The van der Waals surface area contributed by atoms with Crippen LogP contribution in [0.15, 0.2) is 0 Å². The maximum Gasteiger partial charge on any atom is 0.0637 e. The molecule has 0 bridgehead atoms. The highest BCUT2D eigenvalue weighted by Gasteiger charge is 2.66. The van der Waals surface area contributed by atoms with Crippen molar-refractivity contribution in [1.82, 2.24) is 4.90 Å². The van der Waals surface area contributed by atoms with Crippen LogP contribution < -0.4 is 17.2 Å². The number of fused-ring (bicyclic) bond motifs is 5. The maximum atomic E-state index is 7.21. The Bertz CT molecular complexity index is 1240. The van der Waals surface area contributed by atoms with Crippen molar-refractivity contribution in [3.63, 3.8) is 0 Å². The van der Waals surface area contributed by atoms with Crippen LogP contribution in [0.5, 0.6) is 0 Å². The molecule has 11 atom stereocenters. The molecule has 0 heterocycles. The van der Waals surface area contributed by atoms with E-state index >= 15 is 0 Å². The van der Waals surface area contributed by atoms with Crippen LogP contribution in [0.2, 0.25) is 0 Å². The molecule has 72 heavy (non-hydrogen) atoms. The average Bonchev–Trinajstić information content (AvgIpc) is 3.74. The molecule has 4 aliphatic rings. The summed E-state index contributed by atoms with van der Waals surface area (Å²) in [5.74, 6) is 3.88. The number of unbranched alkanes of at least 4 members (excludes halogenated alkanes) is 26. The molecule has 1 unspecified atom stereocenters. The van der Waals surface area contributed by atoms with E-state index in [1.165, 1.54) is 251 Å². The maximum absolute atomic E-state index is 7.21. The summed E-state index contributed by atoms with van der Waals surface area (Å²) in [4.78, 5) is 2.91. The predicted molar refractivity (Wildman–Crippen MR) is 312 cm³/mol. The predicted octanol–water partition coefficient (Wildman–Crippen LogP) is 16.7. The summed E-state index contributed by atoms with van der Waals surface area (Å²) in [5.41, 5.74) is 18.6. The molecular weight excluding hydrogens is 885 g/mol. The van der Waals surface area contributed by atoms with Gasteiger partial charge in [0, 0.05) is 25.2 Å². The van der Waals surface area contributed by atoms with Crippen LogP contribution in [0.1, 0.15) is 291 Å². The van der Waals surface area contributed by atoms with Gasteiger partial charge in [0.15, 0.2) is 0 Å². The first-order valence-electron chi connectivity index (χ1n) is 33.0. The van der Waals surface area contributed by atoms with E-state index in [9.17, 15) is 0 Å². The Balaban J connectivity index is 1.32. The van der Waals surface area contributed by atoms with Crippen LogP contribution in [0, 0.1) is 46.3 Å². The molecule has 0 aliphatic heterocycles. The average molecular weight is 1010 g/mol. The molecule has 4 saturated carbocycles. The van der Waals surface area contributed by atoms with Crippen molar-refractivity contribution in [2.45, 2.75) is 310 Å². The Morgan fingerprint density at radius 1 is 0.472 bits per heavy atom. The van der Waals surface area contributed by atoms with Crippen LogP contribution in [0.4, 0.5) is 0 Å². The van der Waals surface area contributed by atoms with Crippen molar-refractivity contribution in [3.05, 3.63) is 0 Å². The molecule has 0 radical (unpaired) electrons. The van der Waals surface area contributed by atoms with Crippen LogP contribution in [-0.4, -0.2) is 82.3 Å². The third-order valence-corrected chi connectivity index (χ3v) is 20.3. The van der Waals surface area contributed by atoms with Crippen LogP contribution in [0.3, 0.4) is 0 Å². The highest BCUT2D eigenvalue weighted by molar-refractivity contribution is 5.15. The molecule has 4 fully saturated rings. The minimum atomic E-state index is 0.165. The van der Waals surface area contributed by atoms with Crippen molar-refractivity contribution in [2.24, 2.45) is 63.5 Å². The summed E-state index contributed by atoms with van der Waals surface area (Å²) < 4.78 is 20.8. The Labute approximate surface area is 449 Å². The van der Waals surface area contributed by atoms with Gasteiger partial charge in [-0.1, -0.05) is 202 Å². The molecule has 0 spiro atoms. The Morgan fingerprint density at radius 3 is 1.40 bits per heavy atom. The molecule has 4 rings (SSSR count). The number of hydrogen-bond donors (Lipinski definition) is 3. The standard InChI is InChI=1S/C65H128N4O3/c1-6-8-10-12-14-16-18-20-22-24-26-28-30-32-46-69(47-33-31-29-27-25-23-21-19-17-15-13-11-9-7-2)48-34-38-55(3)58-39-40-59-63-60(54-62(65(58,59)5)72-51-37-45-68)64(4)42-41-57(70-49-35-43-66)52-56(64)53-61(63)71-50-36-44-67/h55-63H,6-54,66-68H2,1-5H3/t55-,56+,57-,58-,59+,60+,61-,62?,63+,64+,65-/m1/s1. The topological polar surface area (TPSA) is 109 Å². The zero-order chi connectivity index (χ0) is 51.5. The SMILES string of the molecule is CCCCCCCCCCCCCCCCN(CCCCCCCCCCCCCCCC)CCC[C@@H](C)[C@H]1CC[C@H]2[C@@H]3[C@H](OCCCN)C[C@@H]4C[C@H](OCCCN)CC[C@]4(C)[C@H]3CC(OCCCN)[C@]12C. The lowest BCUT2D eigenvalue weighted by Gasteiger charge is -2.65. The lowest BCUT2D eigenvalue weighted by Crippen LogP contribution is -2.63. The van der Waals surface area contributed by atoms with Gasteiger partial charge in [-0.15, -0.1) is 0 Å². The molecular formula is C65H128N4O3. The third kappa shape index (κ3) is 22.2. The number of ether oxygens (including phenoxy) is 3. The second-order valence-electron chi connectivity index (χ2n) is 25.6. The molecule has 7 heteroatoms. The normalized spacial score (nSPS) is 28.6. The van der Waals surface area contributed by atoms with Gasteiger partial charge < -0.3 is 36.3 Å². The first-order chi connectivity index (χ1) is 35.3. The van der Waals surface area contributed by atoms with Gasteiger partial charge in [-0.05, 0) is 170 Å². The first kappa shape index (κ1) is 64.2. The number of hydrogen-bond acceptors (Lipinski definition) is 7. The van der Waals surface area contributed by atoms with Crippen molar-refractivity contribution in [3.8, 4) is 0 Å². The van der Waals surface area contributed by atoms with Gasteiger partial charge in [0.2, 0.25) is 0 Å². The fourth-order valence-electron chi connectivity index (χ4n) is 15.8. The fraction of sp³-hybridized carbons (Fsp3) is 1.00. The van der Waals surface area contributed by atoms with Gasteiger partial charge in [-0.25, -0.2) is 0 Å². The molecule has 0 amide bonds. The largest absolute Gasteiger partial charge is 0.378 e. The zero-order valence-corrected chi connectivity index (χ0v) is 49.2. The van der Waals surface area contributed by atoms with E-state index in [4.69, 9.17) is 31.4 Å². The molecule has 0 aromatic heterocycles. The molecule has 7 nitrogen and oxygen atoms in total. The second kappa shape index (κ2) is 39.1. The van der Waals surface area contributed by atoms with Gasteiger partial charge >= 0.3 is 0 Å². The van der Waals surface area contributed by atoms with E-state index in [1.807, 2.05) is 0 Å². The van der Waals surface area contributed by atoms with E-state index in [0.717, 1.165) is 45.5 Å². The Morgan fingerprint density at radius 2 is 0.917 bits per heavy atom. The van der Waals surface area contributed by atoms with Crippen molar-refractivity contribution >= 4 is 0 Å². The Kier molecular flexibility index (Phi) is 34.9. The van der Waals surface area contributed by atoms with E-state index in [0.29, 0.717) is 78.9 Å². The Hall–Kier alpha value is -0.280. The summed E-state index contributed by atoms with van der Waals surface area (Å²) in [6, 6.07) is 0. The van der Waals surface area contributed by atoms with Crippen LogP contribution in [-0.2, 0) is 14.2 Å². The number of nitrogens with zero attached hydrogens (tertiary/aromatic N) is 1. The van der Waals surface area contributed by atoms with Gasteiger partial charge in [0.05, 0.1) is 18.3 Å². The molecule has 0 aromatic rings. The number of rotatable bonds is 47. The van der Waals surface area contributed by atoms with Gasteiger partial charge in [0.25, 0.3) is 0 Å². The summed E-state index contributed by atoms with van der Waals surface area (Å²) in [7, 11) is 0. The lowest BCUT2D eigenvalue weighted by molar-refractivity contribution is -0.227. The van der Waals surface area contributed by atoms with Crippen LogP contribution in [0.25, 0.3) is 0 Å². The fourth-order valence-corrected chi connectivity index (χ4v) is 15.8. The minimum absolute atomic E-state index is 0.165. The molecule has 4 aliphatic carbocycles. The van der Waals surface area contributed by atoms with Crippen molar-refractivity contribution < 1.29 is 14.2 Å². The van der Waals surface area contributed by atoms with E-state index in [2.05, 4.69) is 39.5 Å². The summed E-state index contributed by atoms with van der Waals surface area (Å²) in [6.07, 6.45) is 55.3. The summed E-state index contributed by atoms with van der Waals surface area (Å²) in [6.45, 7) is 21.1. The van der Waals surface area contributed by atoms with Crippen LogP contribution >= 0.6 is 0 Å². The van der Waals surface area contributed by atoms with E-state index < -0.39 is 0 Å². The van der Waals surface area contributed by atoms with Gasteiger partial charge in [0.1, 0.15) is 0 Å². The highest BCUT2D eigenvalue weighted by atomic mass is 16.5. The smallest absolute Gasteiger partial charge is 0.0637 e. The molecule has 426 valence electrons. The third-order valence-electron chi connectivity index (χ3n) is 20.3. The van der Waals surface area contributed by atoms with E-state index in [1.54, 1.807) is 0 Å². The second-order valence-corrected chi connectivity index (χ2v) is 25.6. The lowest BCUT2D eigenvalue weighted by atomic mass is 9.43. The molecule has 0 aromatic carbocycles. The molecule has 0 saturated heterocycles. The molecule has 6 N–H and O–H groups in total. The van der Waals surface area contributed by atoms with Gasteiger partial charge in [-0.2, -0.15) is 0 Å². The van der Waals surface area contributed by atoms with Crippen molar-refractivity contribution in [2.75, 3.05) is 59.1 Å². The number of nitrogens with two attached hydrogens (primary N) is 3. The van der Waals surface area contributed by atoms with Gasteiger partial charge in [-0.3, -0.25) is 0 Å². The minimum Gasteiger partial charge on any atom is -0.378 e. The quantitative estimate of drug-likeness (QED) is 0.0521.